The number of aliphatic hydroxyl groups is 1. The largest absolute Gasteiger partial charge is 0.390 e. The van der Waals surface area contributed by atoms with Gasteiger partial charge in [0.05, 0.1) is 18.4 Å². The van der Waals surface area contributed by atoms with E-state index in [1.54, 1.807) is 17.5 Å². The maximum absolute atomic E-state index is 12.2. The minimum Gasteiger partial charge on any atom is -0.390 e. The van der Waals surface area contributed by atoms with Gasteiger partial charge in [-0.1, -0.05) is 25.3 Å². The van der Waals surface area contributed by atoms with E-state index in [2.05, 4.69) is 15.6 Å². The van der Waals surface area contributed by atoms with E-state index in [1.807, 2.05) is 6.92 Å². The van der Waals surface area contributed by atoms with Gasteiger partial charge in [-0.2, -0.15) is 0 Å². The van der Waals surface area contributed by atoms with Crippen LogP contribution in [0.5, 0.6) is 0 Å². The molecule has 24 heavy (non-hydrogen) atoms. The van der Waals surface area contributed by atoms with Crippen molar-refractivity contribution < 1.29 is 13.5 Å². The Labute approximate surface area is 148 Å². The molecule has 1 aliphatic carbocycles. The van der Waals surface area contributed by atoms with Gasteiger partial charge < -0.3 is 15.7 Å². The third-order valence-electron chi connectivity index (χ3n) is 3.96. The molecule has 1 aliphatic rings. The van der Waals surface area contributed by atoms with E-state index < -0.39 is 15.9 Å². The zero-order chi connectivity index (χ0) is 17.4. The first kappa shape index (κ1) is 19.2. The minimum absolute atomic E-state index is 0.0622. The van der Waals surface area contributed by atoms with E-state index in [0.717, 1.165) is 19.4 Å². The summed E-state index contributed by atoms with van der Waals surface area (Å²) in [5, 5.41) is 18.3. The minimum atomic E-state index is -3.45. The van der Waals surface area contributed by atoms with Crippen molar-refractivity contribution in [2.75, 3.05) is 18.8 Å². The van der Waals surface area contributed by atoms with Gasteiger partial charge in [-0.15, -0.1) is 11.3 Å². The van der Waals surface area contributed by atoms with Crippen molar-refractivity contribution in [1.82, 2.24) is 10.6 Å². The normalized spacial score (nSPS) is 18.3. The lowest BCUT2D eigenvalue weighted by atomic mass is 9.96. The van der Waals surface area contributed by atoms with Crippen molar-refractivity contribution in [2.45, 2.75) is 55.4 Å². The molecule has 0 saturated heterocycles. The zero-order valence-corrected chi connectivity index (χ0v) is 15.7. The van der Waals surface area contributed by atoms with Crippen LogP contribution >= 0.6 is 11.3 Å². The van der Waals surface area contributed by atoms with Crippen LogP contribution in [0.15, 0.2) is 26.7 Å². The lowest BCUT2D eigenvalue weighted by molar-refractivity contribution is 0.206. The fourth-order valence-electron chi connectivity index (χ4n) is 2.79. The first-order chi connectivity index (χ1) is 11.5. The third-order valence-corrected chi connectivity index (χ3v) is 7.25. The van der Waals surface area contributed by atoms with Crippen molar-refractivity contribution in [1.29, 1.82) is 0 Å². The molecule has 1 unspecified atom stereocenters. The predicted octanol–water partition coefficient (Wildman–Crippen LogP) is 1.77. The molecule has 1 heterocycles. The van der Waals surface area contributed by atoms with Crippen molar-refractivity contribution >= 4 is 27.1 Å². The van der Waals surface area contributed by atoms with E-state index in [0.29, 0.717) is 12.0 Å². The van der Waals surface area contributed by atoms with Gasteiger partial charge in [-0.3, -0.25) is 4.99 Å². The number of thiophene rings is 1. The van der Waals surface area contributed by atoms with Crippen molar-refractivity contribution in [2.24, 2.45) is 4.99 Å². The maximum atomic E-state index is 12.2. The van der Waals surface area contributed by atoms with Crippen LogP contribution < -0.4 is 10.6 Å². The van der Waals surface area contributed by atoms with Crippen LogP contribution in [-0.2, 0) is 9.84 Å². The fraction of sp³-hybridized carbons (Fsp3) is 0.688. The average molecular weight is 374 g/mol. The molecule has 0 radical (unpaired) electrons. The van der Waals surface area contributed by atoms with Crippen LogP contribution in [0.3, 0.4) is 0 Å². The summed E-state index contributed by atoms with van der Waals surface area (Å²) in [5.41, 5.74) is 0. The number of nitrogens with zero attached hydrogens (tertiary/aromatic N) is 1. The van der Waals surface area contributed by atoms with Crippen LogP contribution in [0.25, 0.3) is 0 Å². The van der Waals surface area contributed by atoms with E-state index in [9.17, 15) is 13.5 Å². The summed E-state index contributed by atoms with van der Waals surface area (Å²) in [4.78, 5) is 4.36. The highest BCUT2D eigenvalue weighted by Gasteiger charge is 2.21. The second-order valence-corrected chi connectivity index (χ2v) is 9.27. The Morgan fingerprint density at radius 2 is 2.17 bits per heavy atom. The molecule has 136 valence electrons. The molecule has 0 aliphatic heterocycles. The molecule has 0 aromatic carbocycles. The van der Waals surface area contributed by atoms with Crippen LogP contribution in [0.4, 0.5) is 0 Å². The first-order valence-electron chi connectivity index (χ1n) is 8.50. The monoisotopic (exact) mass is 373 g/mol. The Morgan fingerprint density at radius 3 is 2.79 bits per heavy atom. The Balaban J connectivity index is 1.89. The summed E-state index contributed by atoms with van der Waals surface area (Å²) in [6.45, 7) is 2.77. The molecule has 3 N–H and O–H groups in total. The van der Waals surface area contributed by atoms with Gasteiger partial charge in [0.25, 0.3) is 0 Å². The molecule has 0 amide bonds. The summed E-state index contributed by atoms with van der Waals surface area (Å²) in [5.74, 6) is 0.344. The van der Waals surface area contributed by atoms with Gasteiger partial charge in [0, 0.05) is 12.6 Å². The fourth-order valence-corrected chi connectivity index (χ4v) is 5.25. The zero-order valence-electron chi connectivity index (χ0n) is 14.1. The molecule has 1 saturated carbocycles. The molecule has 0 bridgehead atoms. The highest BCUT2D eigenvalue weighted by molar-refractivity contribution is 7.93. The van der Waals surface area contributed by atoms with Crippen LogP contribution in [-0.4, -0.2) is 50.5 Å². The lowest BCUT2D eigenvalue weighted by Gasteiger charge is -2.25. The summed E-state index contributed by atoms with van der Waals surface area (Å²) in [6, 6.07) is 3.66. The lowest BCUT2D eigenvalue weighted by Crippen LogP contribution is -2.44. The number of rotatable bonds is 7. The van der Waals surface area contributed by atoms with Gasteiger partial charge in [0.15, 0.2) is 15.8 Å². The average Bonchev–Trinajstić information content (AvgIpc) is 3.09. The van der Waals surface area contributed by atoms with Crippen molar-refractivity contribution in [3.63, 3.8) is 0 Å². The number of sulfone groups is 1. The van der Waals surface area contributed by atoms with Gasteiger partial charge >= 0.3 is 0 Å². The Morgan fingerprint density at radius 1 is 1.42 bits per heavy atom. The standard InChI is InChI=1S/C16H27N3O3S2/c1-2-17-16(19-13-7-4-3-5-8-13)18-11-14(20)12-24(21,22)15-9-6-10-23-15/h6,9-10,13-14,20H,2-5,7-8,11-12H2,1H3,(H2,17,18,19). The molecule has 2 rings (SSSR count). The number of nitrogens with one attached hydrogen (secondary N) is 2. The van der Waals surface area contributed by atoms with E-state index in [1.165, 1.54) is 30.6 Å². The molecule has 1 aromatic heterocycles. The van der Waals surface area contributed by atoms with Crippen LogP contribution in [0.1, 0.15) is 39.0 Å². The maximum Gasteiger partial charge on any atom is 0.191 e. The van der Waals surface area contributed by atoms with Crippen molar-refractivity contribution in [3.8, 4) is 0 Å². The van der Waals surface area contributed by atoms with Crippen molar-refractivity contribution in [3.05, 3.63) is 17.5 Å². The molecular weight excluding hydrogens is 346 g/mol. The Bertz CT molecular complexity index is 609. The smallest absolute Gasteiger partial charge is 0.191 e. The van der Waals surface area contributed by atoms with Crippen LogP contribution in [0, 0.1) is 0 Å². The quantitative estimate of drug-likeness (QED) is 0.500. The van der Waals surface area contributed by atoms with Crippen LogP contribution in [0.2, 0.25) is 0 Å². The van der Waals surface area contributed by atoms with E-state index in [-0.39, 0.29) is 16.5 Å². The number of hydrogen-bond acceptors (Lipinski definition) is 5. The van der Waals surface area contributed by atoms with E-state index >= 15 is 0 Å². The first-order valence-corrected chi connectivity index (χ1v) is 11.0. The Kier molecular flexibility index (Phi) is 7.51. The summed E-state index contributed by atoms with van der Waals surface area (Å²) in [7, 11) is -3.45. The predicted molar refractivity (Wildman–Crippen MR) is 98.4 cm³/mol. The molecule has 1 fully saturated rings. The second-order valence-electron chi connectivity index (χ2n) is 6.07. The van der Waals surface area contributed by atoms with Gasteiger partial charge in [0.2, 0.25) is 0 Å². The highest BCUT2D eigenvalue weighted by Crippen LogP contribution is 2.18. The molecular formula is C16H27N3O3S2. The SMILES string of the molecule is CCNC(=NCC(O)CS(=O)(=O)c1cccs1)NC1CCCCC1. The number of guanidine groups is 1. The summed E-state index contributed by atoms with van der Waals surface area (Å²) >= 11 is 1.17. The highest BCUT2D eigenvalue weighted by atomic mass is 32.2. The summed E-state index contributed by atoms with van der Waals surface area (Å²) in [6.07, 6.45) is 4.96. The topological polar surface area (TPSA) is 90.8 Å². The summed E-state index contributed by atoms with van der Waals surface area (Å²) < 4.78 is 24.6. The molecule has 0 spiro atoms. The molecule has 8 heteroatoms. The number of aliphatic imine (C=N–C) groups is 1. The van der Waals surface area contributed by atoms with Gasteiger partial charge in [0.1, 0.15) is 4.21 Å². The number of aliphatic hydroxyl groups excluding tert-OH is 1. The molecule has 1 atom stereocenters. The van der Waals surface area contributed by atoms with E-state index in [4.69, 9.17) is 0 Å². The second kappa shape index (κ2) is 9.39. The molecule has 1 aromatic rings. The molecule has 6 nitrogen and oxygen atoms in total. The number of hydrogen-bond donors (Lipinski definition) is 3. The Hall–Kier alpha value is -1.12. The van der Waals surface area contributed by atoms with Gasteiger partial charge in [-0.05, 0) is 31.2 Å². The van der Waals surface area contributed by atoms with Gasteiger partial charge in [-0.25, -0.2) is 8.42 Å². The third kappa shape index (κ3) is 6.07.